The van der Waals surface area contributed by atoms with Crippen molar-refractivity contribution in [3.05, 3.63) is 188 Å². The molecule has 0 aliphatic rings. The van der Waals surface area contributed by atoms with Crippen molar-refractivity contribution in [1.29, 1.82) is 0 Å². The molecule has 1 heteroatoms. The van der Waals surface area contributed by atoms with Gasteiger partial charge >= 0.3 is 0 Å². The zero-order chi connectivity index (χ0) is 32.3. The van der Waals surface area contributed by atoms with Gasteiger partial charge in [0, 0.05) is 16.5 Å². The van der Waals surface area contributed by atoms with Crippen molar-refractivity contribution in [3.63, 3.8) is 0 Å². The fourth-order valence-electron chi connectivity index (χ4n) is 7.85. The Balaban J connectivity index is 1.20. The molecule has 0 unspecified atom stereocenters. The highest BCUT2D eigenvalue weighted by molar-refractivity contribution is 6.25. The van der Waals surface area contributed by atoms with Gasteiger partial charge in [-0.15, -0.1) is 0 Å². The van der Waals surface area contributed by atoms with Gasteiger partial charge in [0.1, 0.15) is 0 Å². The highest BCUT2D eigenvalue weighted by atomic mass is 15.0. The van der Waals surface area contributed by atoms with E-state index >= 15 is 0 Å². The molecule has 1 heterocycles. The summed E-state index contributed by atoms with van der Waals surface area (Å²) in [5.74, 6) is 0. The largest absolute Gasteiger partial charge is 0.309 e. The fraction of sp³-hybridized carbons (Fsp3) is 0. The number of hydrogen-bond donors (Lipinski definition) is 0. The molecule has 228 valence electrons. The molecule has 0 saturated heterocycles. The maximum Gasteiger partial charge on any atom is 0.0541 e. The van der Waals surface area contributed by atoms with Gasteiger partial charge < -0.3 is 4.57 Å². The SMILES string of the molecule is c1ccc(-c2cc(-c3ccc4c5ccccc5c5ccccc5c4c3)cc(-c3ccc4c(c3)c3ccccc3n4-c3ccccc3)c2)cc1. The van der Waals surface area contributed by atoms with Gasteiger partial charge in [0.05, 0.1) is 11.0 Å². The van der Waals surface area contributed by atoms with E-state index in [0.717, 1.165) is 0 Å². The van der Waals surface area contributed by atoms with Gasteiger partial charge in [-0.1, -0.05) is 133 Å². The van der Waals surface area contributed by atoms with Crippen molar-refractivity contribution in [2.45, 2.75) is 0 Å². The van der Waals surface area contributed by atoms with Crippen LogP contribution in [-0.4, -0.2) is 4.57 Å². The van der Waals surface area contributed by atoms with Crippen LogP contribution in [0.3, 0.4) is 0 Å². The standard InChI is InChI=1S/C48H31N/c1-3-13-32(14-4-1)35-27-36(33-23-25-43-41-19-8-7-17-39(41)40-18-9-10-20-42(40)45(43)30-33)29-37(28-35)34-24-26-48-46(31-34)44-21-11-12-22-47(44)49(48)38-15-5-2-6-16-38/h1-31H. The number of benzene rings is 9. The minimum atomic E-state index is 1.17. The minimum absolute atomic E-state index is 1.17. The molecule has 1 nitrogen and oxygen atoms in total. The van der Waals surface area contributed by atoms with Crippen LogP contribution >= 0.6 is 0 Å². The van der Waals surface area contributed by atoms with Crippen molar-refractivity contribution in [2.24, 2.45) is 0 Å². The first kappa shape index (κ1) is 27.7. The summed E-state index contributed by atoms with van der Waals surface area (Å²) in [5, 5.41) is 10.3. The maximum absolute atomic E-state index is 2.40. The molecule has 10 rings (SSSR count). The van der Waals surface area contributed by atoms with Gasteiger partial charge in [-0.2, -0.15) is 0 Å². The zero-order valence-corrected chi connectivity index (χ0v) is 26.8. The quantitative estimate of drug-likeness (QED) is 0.172. The monoisotopic (exact) mass is 621 g/mol. The zero-order valence-electron chi connectivity index (χ0n) is 26.8. The number of rotatable bonds is 4. The number of hydrogen-bond acceptors (Lipinski definition) is 0. The third-order valence-electron chi connectivity index (χ3n) is 10.1. The fourth-order valence-corrected chi connectivity index (χ4v) is 7.85. The van der Waals surface area contributed by atoms with Gasteiger partial charge in [0.25, 0.3) is 0 Å². The molecule has 0 aliphatic carbocycles. The first-order valence-corrected chi connectivity index (χ1v) is 16.9. The van der Waals surface area contributed by atoms with Crippen LogP contribution < -0.4 is 0 Å². The topological polar surface area (TPSA) is 4.93 Å². The average molecular weight is 622 g/mol. The molecular formula is C48H31N. The van der Waals surface area contributed by atoms with Gasteiger partial charge in [-0.25, -0.2) is 0 Å². The van der Waals surface area contributed by atoms with Crippen LogP contribution in [0.15, 0.2) is 188 Å². The van der Waals surface area contributed by atoms with Crippen LogP contribution in [0.5, 0.6) is 0 Å². The third kappa shape index (κ3) is 4.47. The van der Waals surface area contributed by atoms with E-state index in [-0.39, 0.29) is 0 Å². The summed E-state index contributed by atoms with van der Waals surface area (Å²) in [5.41, 5.74) is 10.9. The van der Waals surface area contributed by atoms with Crippen LogP contribution in [-0.2, 0) is 0 Å². The second-order valence-electron chi connectivity index (χ2n) is 12.9. The molecule has 0 amide bonds. The van der Waals surface area contributed by atoms with E-state index in [2.05, 4.69) is 193 Å². The van der Waals surface area contributed by atoms with E-state index in [9.17, 15) is 0 Å². The highest BCUT2D eigenvalue weighted by Gasteiger charge is 2.15. The number of fused-ring (bicyclic) bond motifs is 9. The van der Waals surface area contributed by atoms with Crippen LogP contribution in [0.4, 0.5) is 0 Å². The Kier molecular flexibility index (Phi) is 6.25. The summed E-state index contributed by atoms with van der Waals surface area (Å²) >= 11 is 0. The normalized spacial score (nSPS) is 11.7. The highest BCUT2D eigenvalue weighted by Crippen LogP contribution is 2.40. The Morgan fingerprint density at radius 1 is 0.224 bits per heavy atom. The van der Waals surface area contributed by atoms with Crippen LogP contribution in [0.2, 0.25) is 0 Å². The van der Waals surface area contributed by atoms with Crippen LogP contribution in [0.25, 0.3) is 93.2 Å². The lowest BCUT2D eigenvalue weighted by Gasteiger charge is -2.14. The summed E-state index contributed by atoms with van der Waals surface area (Å²) < 4.78 is 2.38. The summed E-state index contributed by atoms with van der Waals surface area (Å²) in [7, 11) is 0. The molecule has 0 N–H and O–H groups in total. The molecule has 0 spiro atoms. The van der Waals surface area contributed by atoms with Crippen molar-refractivity contribution in [1.82, 2.24) is 4.57 Å². The number of aromatic nitrogens is 1. The smallest absolute Gasteiger partial charge is 0.0541 e. The lowest BCUT2D eigenvalue weighted by atomic mass is 9.90. The van der Waals surface area contributed by atoms with E-state index in [1.807, 2.05) is 0 Å². The molecule has 9 aromatic carbocycles. The summed E-state index contributed by atoms with van der Waals surface area (Å²) in [4.78, 5) is 0. The summed E-state index contributed by atoms with van der Waals surface area (Å²) in [6, 6.07) is 68.8. The van der Waals surface area contributed by atoms with Gasteiger partial charge in [-0.05, 0) is 120 Å². The van der Waals surface area contributed by atoms with E-state index in [1.165, 1.54) is 93.2 Å². The van der Waals surface area contributed by atoms with Crippen molar-refractivity contribution in [2.75, 3.05) is 0 Å². The van der Waals surface area contributed by atoms with Gasteiger partial charge in [0.15, 0.2) is 0 Å². The minimum Gasteiger partial charge on any atom is -0.309 e. The van der Waals surface area contributed by atoms with Crippen molar-refractivity contribution >= 4 is 54.1 Å². The van der Waals surface area contributed by atoms with Crippen molar-refractivity contribution < 1.29 is 0 Å². The Morgan fingerprint density at radius 3 is 1.29 bits per heavy atom. The first-order valence-electron chi connectivity index (χ1n) is 16.9. The average Bonchev–Trinajstić information content (AvgIpc) is 3.52. The summed E-state index contributed by atoms with van der Waals surface area (Å²) in [6.07, 6.45) is 0. The Hall–Kier alpha value is -6.44. The van der Waals surface area contributed by atoms with Crippen molar-refractivity contribution in [3.8, 4) is 39.1 Å². The van der Waals surface area contributed by atoms with Crippen LogP contribution in [0.1, 0.15) is 0 Å². The van der Waals surface area contributed by atoms with E-state index < -0.39 is 0 Å². The maximum atomic E-state index is 2.40. The molecule has 49 heavy (non-hydrogen) atoms. The Labute approximate surface area is 284 Å². The lowest BCUT2D eigenvalue weighted by Crippen LogP contribution is -1.93. The Morgan fingerprint density at radius 2 is 0.653 bits per heavy atom. The molecular weight excluding hydrogens is 591 g/mol. The number of para-hydroxylation sites is 2. The third-order valence-corrected chi connectivity index (χ3v) is 10.1. The molecule has 0 saturated carbocycles. The lowest BCUT2D eigenvalue weighted by molar-refractivity contribution is 1.18. The number of nitrogens with zero attached hydrogens (tertiary/aromatic N) is 1. The predicted molar refractivity (Wildman–Crippen MR) is 210 cm³/mol. The van der Waals surface area contributed by atoms with E-state index in [1.54, 1.807) is 0 Å². The molecule has 10 aromatic rings. The predicted octanol–water partition coefficient (Wildman–Crippen LogP) is 13.2. The van der Waals surface area contributed by atoms with Gasteiger partial charge in [-0.3, -0.25) is 0 Å². The second kappa shape index (κ2) is 11.1. The Bertz CT molecular complexity index is 2820. The molecule has 0 aliphatic heterocycles. The molecule has 0 radical (unpaired) electrons. The molecule has 0 fully saturated rings. The molecule has 0 atom stereocenters. The van der Waals surface area contributed by atoms with Crippen LogP contribution in [0, 0.1) is 0 Å². The van der Waals surface area contributed by atoms with E-state index in [4.69, 9.17) is 0 Å². The molecule has 1 aromatic heterocycles. The molecule has 0 bridgehead atoms. The van der Waals surface area contributed by atoms with Gasteiger partial charge in [0.2, 0.25) is 0 Å². The second-order valence-corrected chi connectivity index (χ2v) is 12.9. The first-order chi connectivity index (χ1) is 24.3. The summed E-state index contributed by atoms with van der Waals surface area (Å²) in [6.45, 7) is 0. The van der Waals surface area contributed by atoms with E-state index in [0.29, 0.717) is 0 Å².